The number of benzene rings is 1. The second-order valence-electron chi connectivity index (χ2n) is 3.84. The van der Waals surface area contributed by atoms with Gasteiger partial charge in [0.15, 0.2) is 0 Å². The molecule has 0 heterocycles. The Bertz CT molecular complexity index is 286. The highest BCUT2D eigenvalue weighted by atomic mass is 32.2. The molecule has 1 aromatic carbocycles. The highest BCUT2D eigenvalue weighted by Crippen LogP contribution is 2.21. The Morgan fingerprint density at radius 1 is 1.31 bits per heavy atom. The van der Waals surface area contributed by atoms with E-state index in [1.54, 1.807) is 7.11 Å². The largest absolute Gasteiger partial charge is 0.497 e. The molecule has 0 spiro atoms. The molecule has 0 aromatic heterocycles. The van der Waals surface area contributed by atoms with E-state index in [1.807, 2.05) is 23.9 Å². The normalized spacial score (nSPS) is 12.4. The predicted octanol–water partition coefficient (Wildman–Crippen LogP) is 3.18. The first-order valence-corrected chi connectivity index (χ1v) is 6.75. The van der Waals surface area contributed by atoms with Crippen LogP contribution in [0.25, 0.3) is 0 Å². The van der Waals surface area contributed by atoms with Crippen molar-refractivity contribution in [2.24, 2.45) is 0 Å². The molecule has 0 aliphatic rings. The van der Waals surface area contributed by atoms with Gasteiger partial charge in [0.05, 0.1) is 7.11 Å². The third kappa shape index (κ3) is 4.90. The zero-order valence-electron chi connectivity index (χ0n) is 10.3. The van der Waals surface area contributed by atoms with Gasteiger partial charge in [-0.15, -0.1) is 11.8 Å². The minimum Gasteiger partial charge on any atom is -0.497 e. The van der Waals surface area contributed by atoms with Crippen molar-refractivity contribution < 1.29 is 4.74 Å². The van der Waals surface area contributed by atoms with Crippen molar-refractivity contribution in [3.63, 3.8) is 0 Å². The van der Waals surface area contributed by atoms with E-state index in [2.05, 4.69) is 31.3 Å². The Hall–Kier alpha value is -0.670. The molecule has 1 atom stereocenters. The molecule has 3 heteroatoms. The van der Waals surface area contributed by atoms with Crippen molar-refractivity contribution in [3.05, 3.63) is 24.3 Å². The van der Waals surface area contributed by atoms with Gasteiger partial charge in [0.1, 0.15) is 5.75 Å². The van der Waals surface area contributed by atoms with Gasteiger partial charge in [-0.1, -0.05) is 6.92 Å². The fraction of sp³-hybridized carbons (Fsp3) is 0.538. The number of thioether (sulfide) groups is 1. The summed E-state index contributed by atoms with van der Waals surface area (Å²) in [4.78, 5) is 1.30. The lowest BCUT2D eigenvalue weighted by Crippen LogP contribution is -2.28. The first kappa shape index (κ1) is 13.4. The smallest absolute Gasteiger partial charge is 0.118 e. The number of ether oxygens (including phenoxy) is 1. The number of hydrogen-bond donors (Lipinski definition) is 1. The van der Waals surface area contributed by atoms with Crippen molar-refractivity contribution in [2.75, 3.05) is 19.4 Å². The molecule has 0 saturated carbocycles. The Morgan fingerprint density at radius 2 is 2.00 bits per heavy atom. The lowest BCUT2D eigenvalue weighted by molar-refractivity contribution is 0.414. The van der Waals surface area contributed by atoms with Crippen LogP contribution < -0.4 is 10.1 Å². The SMILES string of the molecule is CCCNC(C)CSc1ccc(OC)cc1. The summed E-state index contributed by atoms with van der Waals surface area (Å²) in [5, 5.41) is 3.48. The van der Waals surface area contributed by atoms with Crippen LogP contribution >= 0.6 is 11.8 Å². The van der Waals surface area contributed by atoms with E-state index in [4.69, 9.17) is 4.74 Å². The standard InChI is InChI=1S/C13H21NOS/c1-4-9-14-11(2)10-16-13-7-5-12(15-3)6-8-13/h5-8,11,14H,4,9-10H2,1-3H3. The molecule has 0 saturated heterocycles. The molecule has 0 radical (unpaired) electrons. The Balaban J connectivity index is 2.30. The molecular formula is C13H21NOS. The van der Waals surface area contributed by atoms with Gasteiger partial charge >= 0.3 is 0 Å². The molecule has 1 unspecified atom stereocenters. The van der Waals surface area contributed by atoms with Crippen LogP contribution in [0.2, 0.25) is 0 Å². The molecule has 0 amide bonds. The minimum atomic E-state index is 0.562. The quantitative estimate of drug-likeness (QED) is 0.738. The first-order chi connectivity index (χ1) is 7.76. The maximum Gasteiger partial charge on any atom is 0.118 e. The van der Waals surface area contributed by atoms with Crippen molar-refractivity contribution in [2.45, 2.75) is 31.2 Å². The molecule has 0 fully saturated rings. The van der Waals surface area contributed by atoms with E-state index in [0.717, 1.165) is 18.0 Å². The topological polar surface area (TPSA) is 21.3 Å². The molecule has 16 heavy (non-hydrogen) atoms. The van der Waals surface area contributed by atoms with Gasteiger partial charge in [0.2, 0.25) is 0 Å². The summed E-state index contributed by atoms with van der Waals surface area (Å²) >= 11 is 1.88. The molecule has 2 nitrogen and oxygen atoms in total. The second kappa shape index (κ2) is 7.58. The van der Waals surface area contributed by atoms with Crippen LogP contribution in [-0.4, -0.2) is 25.4 Å². The van der Waals surface area contributed by atoms with Crippen LogP contribution in [0.3, 0.4) is 0 Å². The second-order valence-corrected chi connectivity index (χ2v) is 4.94. The third-order valence-corrected chi connectivity index (χ3v) is 3.57. The Kier molecular flexibility index (Phi) is 6.34. The van der Waals surface area contributed by atoms with Crippen molar-refractivity contribution in [1.82, 2.24) is 5.32 Å². The fourth-order valence-corrected chi connectivity index (χ4v) is 2.23. The van der Waals surface area contributed by atoms with Gasteiger partial charge in [-0.3, -0.25) is 0 Å². The van der Waals surface area contributed by atoms with Crippen LogP contribution in [0.1, 0.15) is 20.3 Å². The highest BCUT2D eigenvalue weighted by Gasteiger charge is 2.01. The summed E-state index contributed by atoms with van der Waals surface area (Å²) in [6.45, 7) is 5.52. The zero-order chi connectivity index (χ0) is 11.8. The van der Waals surface area contributed by atoms with E-state index < -0.39 is 0 Å². The minimum absolute atomic E-state index is 0.562. The molecule has 90 valence electrons. The first-order valence-electron chi connectivity index (χ1n) is 5.76. The van der Waals surface area contributed by atoms with Crippen molar-refractivity contribution >= 4 is 11.8 Å². The summed E-state index contributed by atoms with van der Waals surface area (Å²) in [5.74, 6) is 2.02. The molecule has 0 aliphatic heterocycles. The van der Waals surface area contributed by atoms with Gasteiger partial charge in [-0.05, 0) is 44.2 Å². The molecule has 1 rings (SSSR count). The Labute approximate surface area is 103 Å². The van der Waals surface area contributed by atoms with Crippen LogP contribution in [0.15, 0.2) is 29.2 Å². The summed E-state index contributed by atoms with van der Waals surface area (Å²) in [5.41, 5.74) is 0. The van der Waals surface area contributed by atoms with Crippen molar-refractivity contribution in [3.8, 4) is 5.75 Å². The molecule has 0 bridgehead atoms. The third-order valence-electron chi connectivity index (χ3n) is 2.30. The zero-order valence-corrected chi connectivity index (χ0v) is 11.1. The maximum atomic E-state index is 5.13. The summed E-state index contributed by atoms with van der Waals surface area (Å²) in [6.07, 6.45) is 1.19. The molecular weight excluding hydrogens is 218 g/mol. The maximum absolute atomic E-state index is 5.13. The van der Waals surface area contributed by atoms with E-state index in [9.17, 15) is 0 Å². The molecule has 1 aromatic rings. The van der Waals surface area contributed by atoms with Gasteiger partial charge in [-0.25, -0.2) is 0 Å². The van der Waals surface area contributed by atoms with Gasteiger partial charge in [-0.2, -0.15) is 0 Å². The number of nitrogens with one attached hydrogen (secondary N) is 1. The van der Waals surface area contributed by atoms with Gasteiger partial charge < -0.3 is 10.1 Å². The van der Waals surface area contributed by atoms with Crippen LogP contribution in [0.5, 0.6) is 5.75 Å². The van der Waals surface area contributed by atoms with Gasteiger partial charge in [0, 0.05) is 16.7 Å². The van der Waals surface area contributed by atoms with E-state index in [0.29, 0.717) is 6.04 Å². The number of hydrogen-bond acceptors (Lipinski definition) is 3. The number of rotatable bonds is 7. The number of methoxy groups -OCH3 is 1. The lowest BCUT2D eigenvalue weighted by atomic mass is 10.3. The fourth-order valence-electron chi connectivity index (χ4n) is 1.34. The van der Waals surface area contributed by atoms with E-state index >= 15 is 0 Å². The summed E-state index contributed by atoms with van der Waals surface area (Å²) in [7, 11) is 1.69. The van der Waals surface area contributed by atoms with E-state index in [-0.39, 0.29) is 0 Å². The monoisotopic (exact) mass is 239 g/mol. The summed E-state index contributed by atoms with van der Waals surface area (Å²) in [6, 6.07) is 8.79. The van der Waals surface area contributed by atoms with Crippen LogP contribution in [0, 0.1) is 0 Å². The average molecular weight is 239 g/mol. The molecule has 1 N–H and O–H groups in total. The summed E-state index contributed by atoms with van der Waals surface area (Å²) < 4.78 is 5.13. The van der Waals surface area contributed by atoms with Gasteiger partial charge in [0.25, 0.3) is 0 Å². The van der Waals surface area contributed by atoms with Crippen LogP contribution in [-0.2, 0) is 0 Å². The Morgan fingerprint density at radius 3 is 2.56 bits per heavy atom. The molecule has 0 aliphatic carbocycles. The lowest BCUT2D eigenvalue weighted by Gasteiger charge is -2.12. The average Bonchev–Trinajstić information content (AvgIpc) is 2.34. The highest BCUT2D eigenvalue weighted by molar-refractivity contribution is 7.99. The van der Waals surface area contributed by atoms with E-state index in [1.165, 1.54) is 11.3 Å². The predicted molar refractivity (Wildman–Crippen MR) is 71.5 cm³/mol. The van der Waals surface area contributed by atoms with Crippen LogP contribution in [0.4, 0.5) is 0 Å². The van der Waals surface area contributed by atoms with Crippen molar-refractivity contribution in [1.29, 1.82) is 0 Å².